The molecule has 2 nitrogen and oxygen atoms in total. The monoisotopic (exact) mass is 443 g/mol. The van der Waals surface area contributed by atoms with E-state index in [2.05, 4.69) is 17.4 Å². The highest BCUT2D eigenvalue weighted by molar-refractivity contribution is 7.99. The maximum Gasteiger partial charge on any atom is 0.234 e. The molecule has 4 bridgehead atoms. The highest BCUT2D eigenvalue weighted by Gasteiger charge is 2.51. The van der Waals surface area contributed by atoms with Crippen molar-refractivity contribution in [2.45, 2.75) is 49.7 Å². The standard InChI is InChI=1S/C25H27ClFNOS/c26-22-2-1-3-23(27)21(22)14-30-15-24(29)28-20-6-4-19(5-7-20)25-11-16-8-17(12-25)10-18(9-16)13-25/h1-7,16-18H,8-15H2,(H,28,29). The zero-order valence-corrected chi connectivity index (χ0v) is 18.6. The molecule has 4 saturated carbocycles. The van der Waals surface area contributed by atoms with Gasteiger partial charge < -0.3 is 5.32 Å². The lowest BCUT2D eigenvalue weighted by Crippen LogP contribution is -2.48. The topological polar surface area (TPSA) is 29.1 Å². The van der Waals surface area contributed by atoms with Crippen LogP contribution in [0.1, 0.15) is 49.7 Å². The van der Waals surface area contributed by atoms with Crippen molar-refractivity contribution in [3.05, 3.63) is 64.4 Å². The summed E-state index contributed by atoms with van der Waals surface area (Å²) in [5.41, 5.74) is 3.13. The van der Waals surface area contributed by atoms with E-state index in [-0.39, 0.29) is 17.5 Å². The lowest BCUT2D eigenvalue weighted by molar-refractivity contribution is -0.113. The molecule has 1 amide bonds. The van der Waals surface area contributed by atoms with Gasteiger partial charge in [0.25, 0.3) is 0 Å². The fourth-order valence-electron chi connectivity index (χ4n) is 6.48. The van der Waals surface area contributed by atoms with E-state index in [1.165, 1.54) is 61.9 Å². The van der Waals surface area contributed by atoms with Gasteiger partial charge in [0.1, 0.15) is 5.82 Å². The van der Waals surface area contributed by atoms with Gasteiger partial charge in [-0.3, -0.25) is 4.79 Å². The highest BCUT2D eigenvalue weighted by Crippen LogP contribution is 2.60. The van der Waals surface area contributed by atoms with Crippen LogP contribution in [0, 0.1) is 23.6 Å². The molecule has 2 aromatic carbocycles. The number of anilines is 1. The summed E-state index contributed by atoms with van der Waals surface area (Å²) in [6, 6.07) is 13.2. The Bertz CT molecular complexity index is 889. The largest absolute Gasteiger partial charge is 0.325 e. The minimum atomic E-state index is -0.323. The molecule has 5 heteroatoms. The maximum absolute atomic E-state index is 13.8. The van der Waals surface area contributed by atoms with Gasteiger partial charge in [0.05, 0.1) is 5.75 Å². The summed E-state index contributed by atoms with van der Waals surface area (Å²) in [7, 11) is 0. The summed E-state index contributed by atoms with van der Waals surface area (Å²) in [6.07, 6.45) is 8.38. The predicted octanol–water partition coefficient (Wildman–Crippen LogP) is 6.82. The van der Waals surface area contributed by atoms with E-state index in [9.17, 15) is 9.18 Å². The van der Waals surface area contributed by atoms with Crippen LogP contribution in [-0.2, 0) is 16.0 Å². The quantitative estimate of drug-likeness (QED) is 0.530. The fraction of sp³-hybridized carbons (Fsp3) is 0.480. The molecule has 0 spiro atoms. The van der Waals surface area contributed by atoms with Crippen molar-refractivity contribution in [2.75, 3.05) is 11.1 Å². The molecule has 0 aromatic heterocycles. The predicted molar refractivity (Wildman–Crippen MR) is 122 cm³/mol. The number of amides is 1. The van der Waals surface area contributed by atoms with Crippen LogP contribution in [0.15, 0.2) is 42.5 Å². The first-order chi connectivity index (χ1) is 14.5. The van der Waals surface area contributed by atoms with Crippen molar-refractivity contribution in [3.8, 4) is 0 Å². The SMILES string of the molecule is O=C(CSCc1c(F)cccc1Cl)Nc1ccc(C23CC4CC(CC(C4)C2)C3)cc1. The zero-order valence-electron chi connectivity index (χ0n) is 17.0. The van der Waals surface area contributed by atoms with Crippen molar-refractivity contribution >= 4 is 35.0 Å². The summed E-state index contributed by atoms with van der Waals surface area (Å²) in [5, 5.41) is 3.38. The van der Waals surface area contributed by atoms with Crippen LogP contribution in [0.3, 0.4) is 0 Å². The zero-order chi connectivity index (χ0) is 20.7. The van der Waals surface area contributed by atoms with Gasteiger partial charge in [0.2, 0.25) is 5.91 Å². The first-order valence-corrected chi connectivity index (χ1v) is 12.4. The van der Waals surface area contributed by atoms with Crippen molar-refractivity contribution < 1.29 is 9.18 Å². The van der Waals surface area contributed by atoms with E-state index in [0.29, 0.717) is 21.8 Å². The Morgan fingerprint density at radius 1 is 1.03 bits per heavy atom. The van der Waals surface area contributed by atoms with Crippen LogP contribution in [0.5, 0.6) is 0 Å². The molecule has 0 heterocycles. The Kier molecular flexibility index (Phi) is 5.57. The minimum Gasteiger partial charge on any atom is -0.325 e. The molecule has 30 heavy (non-hydrogen) atoms. The minimum absolute atomic E-state index is 0.0741. The number of rotatable bonds is 6. The Morgan fingerprint density at radius 2 is 1.67 bits per heavy atom. The van der Waals surface area contributed by atoms with E-state index >= 15 is 0 Å². The van der Waals surface area contributed by atoms with Crippen molar-refractivity contribution in [1.82, 2.24) is 0 Å². The molecule has 2 aromatic rings. The van der Waals surface area contributed by atoms with Crippen LogP contribution in [0.4, 0.5) is 10.1 Å². The first kappa shape index (κ1) is 20.4. The normalized spacial score (nSPS) is 29.2. The highest BCUT2D eigenvalue weighted by atomic mass is 35.5. The first-order valence-electron chi connectivity index (χ1n) is 10.9. The van der Waals surface area contributed by atoms with Crippen molar-refractivity contribution in [2.24, 2.45) is 17.8 Å². The molecule has 6 rings (SSSR count). The lowest BCUT2D eigenvalue weighted by Gasteiger charge is -2.57. The second kappa shape index (κ2) is 8.20. The number of thioether (sulfide) groups is 1. The van der Waals surface area contributed by atoms with Gasteiger partial charge in [-0.05, 0) is 91.5 Å². The van der Waals surface area contributed by atoms with E-state index < -0.39 is 0 Å². The van der Waals surface area contributed by atoms with Gasteiger partial charge in [-0.15, -0.1) is 11.8 Å². The second-order valence-electron chi connectivity index (χ2n) is 9.52. The molecule has 4 fully saturated rings. The number of hydrogen-bond acceptors (Lipinski definition) is 2. The number of halogens is 2. The van der Waals surface area contributed by atoms with E-state index in [4.69, 9.17) is 11.6 Å². The number of carbonyl (C=O) groups excluding carboxylic acids is 1. The molecule has 0 saturated heterocycles. The third-order valence-corrected chi connectivity index (χ3v) is 8.67. The Hall–Kier alpha value is -1.52. The van der Waals surface area contributed by atoms with E-state index in [1.807, 2.05) is 12.1 Å². The Morgan fingerprint density at radius 3 is 2.27 bits per heavy atom. The van der Waals surface area contributed by atoms with Crippen LogP contribution in [0.25, 0.3) is 0 Å². The molecule has 0 atom stereocenters. The van der Waals surface area contributed by atoms with E-state index in [1.54, 1.807) is 12.1 Å². The molecule has 158 valence electrons. The van der Waals surface area contributed by atoms with E-state index in [0.717, 1.165) is 23.4 Å². The van der Waals surface area contributed by atoms with Crippen LogP contribution in [0.2, 0.25) is 5.02 Å². The molecule has 0 radical (unpaired) electrons. The van der Waals surface area contributed by atoms with Gasteiger partial charge in [-0.2, -0.15) is 0 Å². The second-order valence-corrected chi connectivity index (χ2v) is 10.9. The van der Waals surface area contributed by atoms with Crippen molar-refractivity contribution in [1.29, 1.82) is 0 Å². The smallest absolute Gasteiger partial charge is 0.234 e. The van der Waals surface area contributed by atoms with Gasteiger partial charge in [0.15, 0.2) is 0 Å². The molecule has 1 N–H and O–H groups in total. The van der Waals surface area contributed by atoms with Crippen molar-refractivity contribution in [3.63, 3.8) is 0 Å². The van der Waals surface area contributed by atoms with Crippen LogP contribution in [-0.4, -0.2) is 11.7 Å². The average Bonchev–Trinajstić information content (AvgIpc) is 2.70. The lowest BCUT2D eigenvalue weighted by atomic mass is 9.48. The van der Waals surface area contributed by atoms with Crippen LogP contribution < -0.4 is 5.32 Å². The third-order valence-electron chi connectivity index (χ3n) is 7.36. The fourth-order valence-corrected chi connectivity index (χ4v) is 7.65. The molecular weight excluding hydrogens is 417 g/mol. The van der Waals surface area contributed by atoms with Crippen LogP contribution >= 0.6 is 23.4 Å². The Balaban J connectivity index is 1.17. The summed E-state index contributed by atoms with van der Waals surface area (Å²) in [6.45, 7) is 0. The number of carbonyl (C=O) groups is 1. The molecule has 0 aliphatic heterocycles. The summed E-state index contributed by atoms with van der Waals surface area (Å²) in [5.74, 6) is 3.03. The number of benzene rings is 2. The average molecular weight is 444 g/mol. The molecule has 0 unspecified atom stereocenters. The number of nitrogens with one attached hydrogen (secondary N) is 1. The van der Waals surface area contributed by atoms with Gasteiger partial charge in [-0.25, -0.2) is 4.39 Å². The number of hydrogen-bond donors (Lipinski definition) is 1. The summed E-state index contributed by atoms with van der Waals surface area (Å²) in [4.78, 5) is 12.3. The van der Waals surface area contributed by atoms with Gasteiger partial charge >= 0.3 is 0 Å². The Labute approximate surface area is 187 Å². The molecular formula is C25H27ClFNOS. The van der Waals surface area contributed by atoms with Gasteiger partial charge in [-0.1, -0.05) is 29.8 Å². The molecule has 4 aliphatic rings. The molecule has 4 aliphatic carbocycles. The maximum atomic E-state index is 13.8. The third kappa shape index (κ3) is 4.01. The summed E-state index contributed by atoms with van der Waals surface area (Å²) < 4.78 is 13.8. The van der Waals surface area contributed by atoms with Gasteiger partial charge in [0, 0.05) is 22.0 Å². The summed E-state index contributed by atoms with van der Waals surface area (Å²) >= 11 is 7.41.